The van der Waals surface area contributed by atoms with Gasteiger partial charge in [0, 0.05) is 41.1 Å². The summed E-state index contributed by atoms with van der Waals surface area (Å²) in [7, 11) is 0. The fourth-order valence-corrected chi connectivity index (χ4v) is 4.23. The number of allylic oxidation sites excluding steroid dienone is 5. The van der Waals surface area contributed by atoms with E-state index in [1.165, 1.54) is 0 Å². The molecule has 0 fully saturated rings. The second-order valence-corrected chi connectivity index (χ2v) is 10.1. The maximum Gasteiger partial charge on any atom is 0.264 e. The first-order valence-corrected chi connectivity index (χ1v) is 12.2. The number of aromatic nitrogens is 1. The lowest BCUT2D eigenvalue weighted by Gasteiger charge is -2.34. The number of halogens is 1. The van der Waals surface area contributed by atoms with Gasteiger partial charge < -0.3 is 25.9 Å². The van der Waals surface area contributed by atoms with Crippen molar-refractivity contribution < 1.29 is 9.84 Å². The minimum absolute atomic E-state index is 0.217. The highest BCUT2D eigenvalue weighted by molar-refractivity contribution is 6.30. The van der Waals surface area contributed by atoms with Crippen LogP contribution in [0, 0.1) is 5.41 Å². The minimum atomic E-state index is -0.892. The molecule has 0 radical (unpaired) electrons. The summed E-state index contributed by atoms with van der Waals surface area (Å²) in [6.07, 6.45) is 10.8. The highest BCUT2D eigenvalue weighted by Gasteiger charge is 2.29. The van der Waals surface area contributed by atoms with Crippen LogP contribution in [0.3, 0.4) is 0 Å². The Bertz CT molecular complexity index is 1360. The Labute approximate surface area is 216 Å². The summed E-state index contributed by atoms with van der Waals surface area (Å²) in [6, 6.07) is 8.96. The standard InChI is InChI=1S/C28H31ClN4O3/c1-5-36-28(4)13-12-19-15-23(18-6-11-24(30)20(14-18)16-31-17-27(2,3)35)26(34)33(25(19)32-28)22-9-7-21(29)8-10-22/h6-16,30-32,35H,5,17H2,1-4H3/b20-16-,30-24?/t28-/m0/s1. The van der Waals surface area contributed by atoms with Crippen LogP contribution >= 0.6 is 11.6 Å². The first-order chi connectivity index (χ1) is 17.0. The van der Waals surface area contributed by atoms with E-state index in [9.17, 15) is 9.90 Å². The van der Waals surface area contributed by atoms with Gasteiger partial charge in [-0.3, -0.25) is 9.36 Å². The molecule has 1 aromatic carbocycles. The number of pyridine rings is 1. The van der Waals surface area contributed by atoms with Crippen molar-refractivity contribution in [1.29, 1.82) is 5.41 Å². The van der Waals surface area contributed by atoms with Crippen LogP contribution in [-0.2, 0) is 4.74 Å². The molecule has 2 heterocycles. The van der Waals surface area contributed by atoms with E-state index in [0.29, 0.717) is 52.1 Å². The summed E-state index contributed by atoms with van der Waals surface area (Å²) in [6.45, 7) is 8.08. The molecule has 0 saturated carbocycles. The molecular formula is C28H31ClN4O3. The van der Waals surface area contributed by atoms with E-state index in [-0.39, 0.29) is 5.56 Å². The summed E-state index contributed by atoms with van der Waals surface area (Å²) in [5.74, 6) is 0.625. The zero-order chi connectivity index (χ0) is 26.1. The average Bonchev–Trinajstić information content (AvgIpc) is 2.80. The van der Waals surface area contributed by atoms with Crippen molar-refractivity contribution in [3.63, 3.8) is 0 Å². The van der Waals surface area contributed by atoms with E-state index in [1.807, 2.05) is 32.1 Å². The van der Waals surface area contributed by atoms with Crippen molar-refractivity contribution in [3.05, 3.63) is 92.9 Å². The average molecular weight is 507 g/mol. The second-order valence-electron chi connectivity index (χ2n) is 9.62. The van der Waals surface area contributed by atoms with E-state index in [0.717, 1.165) is 5.56 Å². The third kappa shape index (κ3) is 5.54. The van der Waals surface area contributed by atoms with Crippen LogP contribution in [0.5, 0.6) is 0 Å². The number of anilines is 1. The van der Waals surface area contributed by atoms with E-state index in [4.69, 9.17) is 21.7 Å². The summed E-state index contributed by atoms with van der Waals surface area (Å²) < 4.78 is 7.53. The Morgan fingerprint density at radius 1 is 1.25 bits per heavy atom. The lowest BCUT2D eigenvalue weighted by molar-refractivity contribution is 0.0352. The summed E-state index contributed by atoms with van der Waals surface area (Å²) in [5, 5.41) is 25.3. The van der Waals surface area contributed by atoms with Gasteiger partial charge in [0.25, 0.3) is 5.56 Å². The van der Waals surface area contributed by atoms with Crippen LogP contribution in [0.4, 0.5) is 5.82 Å². The molecule has 36 heavy (non-hydrogen) atoms. The van der Waals surface area contributed by atoms with Crippen molar-refractivity contribution in [2.24, 2.45) is 0 Å². The van der Waals surface area contributed by atoms with Gasteiger partial charge in [-0.25, -0.2) is 0 Å². The smallest absolute Gasteiger partial charge is 0.264 e. The number of ether oxygens (including phenoxy) is 1. The Kier molecular flexibility index (Phi) is 7.09. The number of rotatable bonds is 7. The zero-order valence-corrected chi connectivity index (χ0v) is 21.6. The molecule has 4 N–H and O–H groups in total. The maximum atomic E-state index is 14.0. The van der Waals surface area contributed by atoms with Crippen LogP contribution < -0.4 is 16.2 Å². The lowest BCUT2D eigenvalue weighted by atomic mass is 9.94. The first kappa shape index (κ1) is 25.7. The molecule has 1 aliphatic carbocycles. The predicted molar refractivity (Wildman–Crippen MR) is 147 cm³/mol. The van der Waals surface area contributed by atoms with Gasteiger partial charge >= 0.3 is 0 Å². The molecule has 1 aliphatic heterocycles. The molecule has 4 rings (SSSR count). The Morgan fingerprint density at radius 3 is 2.64 bits per heavy atom. The van der Waals surface area contributed by atoms with Gasteiger partial charge in [-0.2, -0.15) is 0 Å². The number of benzene rings is 1. The Balaban J connectivity index is 1.85. The van der Waals surface area contributed by atoms with Crippen molar-refractivity contribution in [2.45, 2.75) is 39.0 Å². The van der Waals surface area contributed by atoms with E-state index in [1.54, 1.807) is 67.1 Å². The first-order valence-electron chi connectivity index (χ1n) is 11.8. The third-order valence-corrected chi connectivity index (χ3v) is 6.11. The second kappa shape index (κ2) is 9.93. The van der Waals surface area contributed by atoms with Crippen LogP contribution in [0.15, 0.2) is 71.2 Å². The van der Waals surface area contributed by atoms with Crippen LogP contribution in [0.1, 0.15) is 38.8 Å². The molecule has 0 bridgehead atoms. The quantitative estimate of drug-likeness (QED) is 0.428. The fourth-order valence-electron chi connectivity index (χ4n) is 4.11. The zero-order valence-electron chi connectivity index (χ0n) is 20.9. The number of fused-ring (bicyclic) bond motifs is 1. The topological polar surface area (TPSA) is 99.4 Å². The minimum Gasteiger partial charge on any atom is -0.389 e. The SMILES string of the molecule is CCO[C@@]1(C)C=Cc2cc(C3=C/C(=C/NCC(C)(C)O)C(=N)C=C3)c(=O)n(-c3ccc(Cl)cc3)c2N1. The van der Waals surface area contributed by atoms with Crippen molar-refractivity contribution >= 4 is 34.8 Å². The third-order valence-electron chi connectivity index (χ3n) is 5.86. The summed E-state index contributed by atoms with van der Waals surface area (Å²) >= 11 is 6.12. The van der Waals surface area contributed by atoms with Crippen LogP contribution in [-0.4, -0.2) is 39.9 Å². The molecule has 1 atom stereocenters. The Hall–Kier alpha value is -3.39. The lowest BCUT2D eigenvalue weighted by Crippen LogP contribution is -2.40. The van der Waals surface area contributed by atoms with Gasteiger partial charge in [0.2, 0.25) is 0 Å². The summed E-state index contributed by atoms with van der Waals surface area (Å²) in [5.41, 5.74) is 1.73. The molecule has 188 valence electrons. The maximum absolute atomic E-state index is 14.0. The van der Waals surface area contributed by atoms with Gasteiger partial charge in [-0.15, -0.1) is 0 Å². The molecule has 8 heteroatoms. The molecule has 0 spiro atoms. The van der Waals surface area contributed by atoms with Gasteiger partial charge in [0.15, 0.2) is 5.72 Å². The van der Waals surface area contributed by atoms with Crippen molar-refractivity contribution in [3.8, 4) is 5.69 Å². The monoisotopic (exact) mass is 506 g/mol. The highest BCUT2D eigenvalue weighted by atomic mass is 35.5. The van der Waals surface area contributed by atoms with Crippen LogP contribution in [0.2, 0.25) is 5.02 Å². The molecule has 0 saturated heterocycles. The van der Waals surface area contributed by atoms with E-state index >= 15 is 0 Å². The number of aliphatic hydroxyl groups is 1. The molecule has 1 aromatic heterocycles. The highest BCUT2D eigenvalue weighted by Crippen LogP contribution is 2.33. The van der Waals surface area contributed by atoms with Crippen molar-refractivity contribution in [2.75, 3.05) is 18.5 Å². The van der Waals surface area contributed by atoms with Gasteiger partial charge in [-0.1, -0.05) is 23.8 Å². The fraction of sp³-hybridized carbons (Fsp3) is 0.286. The predicted octanol–water partition coefficient (Wildman–Crippen LogP) is 4.90. The number of nitrogens with one attached hydrogen (secondary N) is 3. The Morgan fingerprint density at radius 2 is 1.97 bits per heavy atom. The molecule has 2 aromatic rings. The van der Waals surface area contributed by atoms with E-state index in [2.05, 4.69) is 10.6 Å². The molecular weight excluding hydrogens is 476 g/mol. The number of hydrogen-bond donors (Lipinski definition) is 4. The van der Waals surface area contributed by atoms with Crippen molar-refractivity contribution in [1.82, 2.24) is 9.88 Å². The van der Waals surface area contributed by atoms with Gasteiger partial charge in [0.05, 0.1) is 17.0 Å². The van der Waals surface area contributed by atoms with E-state index < -0.39 is 11.3 Å². The molecule has 7 nitrogen and oxygen atoms in total. The number of nitrogens with zero attached hydrogens (tertiary/aromatic N) is 1. The normalized spacial score (nSPS) is 20.2. The molecule has 0 amide bonds. The van der Waals surface area contributed by atoms with Gasteiger partial charge in [-0.05, 0) is 81.8 Å². The molecule has 0 unspecified atom stereocenters. The largest absolute Gasteiger partial charge is 0.389 e. The number of hydrogen-bond acceptors (Lipinski definition) is 6. The van der Waals surface area contributed by atoms with Gasteiger partial charge in [0.1, 0.15) is 5.82 Å². The molecule has 2 aliphatic rings. The summed E-state index contributed by atoms with van der Waals surface area (Å²) in [4.78, 5) is 14.0. The van der Waals surface area contributed by atoms with Crippen LogP contribution in [0.25, 0.3) is 17.3 Å².